The van der Waals surface area contributed by atoms with Crippen LogP contribution < -0.4 is 0 Å². The minimum Gasteiger partial charge on any atom is -0.107 e. The van der Waals surface area contributed by atoms with Crippen molar-refractivity contribution in [1.82, 2.24) is 0 Å². The molecule has 0 fully saturated rings. The summed E-state index contributed by atoms with van der Waals surface area (Å²) in [5, 5.41) is 0. The Morgan fingerprint density at radius 1 is 0.667 bits per heavy atom. The summed E-state index contributed by atoms with van der Waals surface area (Å²) < 4.78 is 0. The van der Waals surface area contributed by atoms with Crippen molar-refractivity contribution in [3.63, 3.8) is 0 Å². The lowest BCUT2D eigenvalue weighted by atomic mass is 10.4. The van der Waals surface area contributed by atoms with Crippen LogP contribution in [0, 0.1) is 0 Å². The maximum absolute atomic E-state index is 2.18. The van der Waals surface area contributed by atoms with E-state index in [2.05, 4.69) is 13.8 Å². The normalized spacial score (nSPS) is 4.67. The largest absolute Gasteiger partial charge is 0.107 e. The molecule has 0 spiro atoms. The summed E-state index contributed by atoms with van der Waals surface area (Å²) in [6, 6.07) is 0. The predicted molar refractivity (Wildman–Crippen MR) is 58.7 cm³/mol. The zero-order valence-corrected chi connectivity index (χ0v) is 10.2. The zero-order chi connectivity index (χ0) is 7.41. The molecule has 0 unspecified atom stereocenters. The molecule has 0 aromatic carbocycles. The Kier molecular flexibility index (Phi) is 176. The summed E-state index contributed by atoms with van der Waals surface area (Å²) in [4.78, 5) is 0. The number of rotatable bonds is 1. The van der Waals surface area contributed by atoms with E-state index in [0.717, 1.165) is 0 Å². The Morgan fingerprint density at radius 3 is 0.778 bits per heavy atom. The fourth-order valence-corrected chi connectivity index (χ4v) is 0. The number of hydrogen-bond acceptors (Lipinski definition) is 0. The molecule has 0 saturated heterocycles. The average Bonchev–Trinajstić information content (AvgIpc) is 1.96. The first-order chi connectivity index (χ1) is 3.91. The molecule has 0 radical (unpaired) electrons. The van der Waals surface area contributed by atoms with Gasteiger partial charge in [0.25, 0.3) is 0 Å². The van der Waals surface area contributed by atoms with Gasteiger partial charge in [-0.05, 0) is 0 Å². The van der Waals surface area contributed by atoms with Crippen LogP contribution in [0.4, 0.5) is 0 Å². The summed E-state index contributed by atoms with van der Waals surface area (Å²) in [6.07, 6.45) is 2.64. The molecule has 0 aliphatic carbocycles. The predicted octanol–water partition coefficient (Wildman–Crippen LogP) is 4.48. The third kappa shape index (κ3) is 132. The van der Waals surface area contributed by atoms with E-state index in [0.29, 0.717) is 0 Å². The summed E-state index contributed by atoms with van der Waals surface area (Å²) in [7, 11) is 0. The molecular formula is C8H23I. The Labute approximate surface area is 78.4 Å². The van der Waals surface area contributed by atoms with Crippen molar-refractivity contribution < 1.29 is 0 Å². The first-order valence-electron chi connectivity index (χ1n) is 3.91. The highest BCUT2D eigenvalue weighted by atomic mass is 127. The highest BCUT2D eigenvalue weighted by molar-refractivity contribution is 14.0. The molecule has 0 bridgehead atoms. The van der Waals surface area contributed by atoms with Crippen LogP contribution in [0.3, 0.4) is 0 Å². The van der Waals surface area contributed by atoms with E-state index in [1.165, 1.54) is 12.8 Å². The van der Waals surface area contributed by atoms with Gasteiger partial charge in [0.1, 0.15) is 0 Å². The first-order valence-corrected chi connectivity index (χ1v) is 3.91. The Bertz CT molecular complexity index is 6.53. The molecule has 0 nitrogen and oxygen atoms in total. The summed E-state index contributed by atoms with van der Waals surface area (Å²) in [5.41, 5.74) is 0. The first kappa shape index (κ1) is 22.6. The molecule has 1 heteroatoms. The second-order valence-electron chi connectivity index (χ2n) is 1.000. The van der Waals surface area contributed by atoms with Crippen molar-refractivity contribution in [3.8, 4) is 0 Å². The molecule has 0 aromatic rings. The molecule has 0 saturated carbocycles. The van der Waals surface area contributed by atoms with Crippen LogP contribution in [0.2, 0.25) is 0 Å². The van der Waals surface area contributed by atoms with Gasteiger partial charge in [-0.2, -0.15) is 0 Å². The van der Waals surface area contributed by atoms with E-state index in [4.69, 9.17) is 0 Å². The lowest BCUT2D eigenvalue weighted by Gasteiger charge is -1.68. The minimum absolute atomic E-state index is 0. The van der Waals surface area contributed by atoms with Gasteiger partial charge in [-0.1, -0.05) is 54.4 Å². The van der Waals surface area contributed by atoms with Crippen LogP contribution >= 0.6 is 24.0 Å². The standard InChI is InChI=1S/C4H10.2C2H6.HI/c1-3-4-2;2*1-2;/h3-4H2,1-2H3;2*1-2H3;1H. The van der Waals surface area contributed by atoms with Gasteiger partial charge >= 0.3 is 0 Å². The van der Waals surface area contributed by atoms with Crippen LogP contribution in [0.25, 0.3) is 0 Å². The van der Waals surface area contributed by atoms with E-state index in [1.54, 1.807) is 0 Å². The lowest BCUT2D eigenvalue weighted by Crippen LogP contribution is -1.47. The van der Waals surface area contributed by atoms with Crippen LogP contribution in [-0.4, -0.2) is 0 Å². The Morgan fingerprint density at radius 2 is 0.778 bits per heavy atom. The van der Waals surface area contributed by atoms with Crippen molar-refractivity contribution in [2.75, 3.05) is 0 Å². The van der Waals surface area contributed by atoms with Gasteiger partial charge in [0.2, 0.25) is 0 Å². The van der Waals surface area contributed by atoms with Crippen LogP contribution in [-0.2, 0) is 0 Å². The average molecular weight is 246 g/mol. The molecular weight excluding hydrogens is 223 g/mol. The van der Waals surface area contributed by atoms with Crippen LogP contribution in [0.15, 0.2) is 0 Å². The second-order valence-corrected chi connectivity index (χ2v) is 1.000. The van der Waals surface area contributed by atoms with Gasteiger partial charge in [-0.3, -0.25) is 0 Å². The summed E-state index contributed by atoms with van der Waals surface area (Å²) in [6.45, 7) is 12.4. The van der Waals surface area contributed by atoms with Gasteiger partial charge in [-0.15, -0.1) is 24.0 Å². The fraction of sp³-hybridized carbons (Fsp3) is 1.00. The van der Waals surface area contributed by atoms with Gasteiger partial charge < -0.3 is 0 Å². The third-order valence-corrected chi connectivity index (χ3v) is 0.500. The van der Waals surface area contributed by atoms with Gasteiger partial charge in [-0.25, -0.2) is 0 Å². The molecule has 62 valence electrons. The quantitative estimate of drug-likeness (QED) is 0.598. The maximum Gasteiger partial charge on any atom is -0.0564 e. The summed E-state index contributed by atoms with van der Waals surface area (Å²) >= 11 is 0. The van der Waals surface area contributed by atoms with Crippen molar-refractivity contribution in [1.29, 1.82) is 0 Å². The van der Waals surface area contributed by atoms with Crippen molar-refractivity contribution in [3.05, 3.63) is 0 Å². The molecule has 0 N–H and O–H groups in total. The van der Waals surface area contributed by atoms with E-state index in [9.17, 15) is 0 Å². The summed E-state index contributed by atoms with van der Waals surface area (Å²) in [5.74, 6) is 0. The number of hydrogen-bond donors (Lipinski definition) is 0. The topological polar surface area (TPSA) is 0 Å². The second kappa shape index (κ2) is 70.0. The van der Waals surface area contributed by atoms with E-state index in [1.807, 2.05) is 27.7 Å². The number of halogens is 1. The molecule has 0 aliphatic rings. The SMILES string of the molecule is CC.CC.CCCC.I. The van der Waals surface area contributed by atoms with E-state index < -0.39 is 0 Å². The monoisotopic (exact) mass is 246 g/mol. The molecule has 0 rings (SSSR count). The molecule has 0 heterocycles. The van der Waals surface area contributed by atoms with Crippen molar-refractivity contribution >= 4 is 24.0 Å². The molecule has 0 aliphatic heterocycles. The number of unbranched alkanes of at least 4 members (excludes halogenated alkanes) is 1. The zero-order valence-electron chi connectivity index (χ0n) is 7.82. The van der Waals surface area contributed by atoms with Crippen molar-refractivity contribution in [2.45, 2.75) is 54.4 Å². The van der Waals surface area contributed by atoms with E-state index in [-0.39, 0.29) is 24.0 Å². The van der Waals surface area contributed by atoms with Gasteiger partial charge in [0.05, 0.1) is 0 Å². The van der Waals surface area contributed by atoms with Gasteiger partial charge in [0, 0.05) is 0 Å². The Hall–Kier alpha value is 0.730. The van der Waals surface area contributed by atoms with Crippen LogP contribution in [0.1, 0.15) is 54.4 Å². The fourth-order valence-electron chi connectivity index (χ4n) is 0. The smallest absolute Gasteiger partial charge is 0.0564 e. The lowest BCUT2D eigenvalue weighted by molar-refractivity contribution is 0.886. The maximum atomic E-state index is 2.18. The van der Waals surface area contributed by atoms with Crippen molar-refractivity contribution in [2.24, 2.45) is 0 Å². The molecule has 0 atom stereocenters. The highest BCUT2D eigenvalue weighted by Crippen LogP contribution is 1.76. The van der Waals surface area contributed by atoms with E-state index >= 15 is 0 Å². The third-order valence-electron chi connectivity index (χ3n) is 0.500. The minimum atomic E-state index is 0. The molecule has 0 amide bonds. The molecule has 9 heavy (non-hydrogen) atoms. The molecule has 0 aromatic heterocycles. The van der Waals surface area contributed by atoms with Crippen LogP contribution in [0.5, 0.6) is 0 Å². The Balaban J connectivity index is -0.0000000221. The highest BCUT2D eigenvalue weighted by Gasteiger charge is 1.56. The van der Waals surface area contributed by atoms with Gasteiger partial charge in [0.15, 0.2) is 0 Å².